The van der Waals surface area contributed by atoms with Crippen molar-refractivity contribution in [3.8, 4) is 0 Å². The minimum Gasteiger partial charge on any atom is -0.481 e. The Hall–Kier alpha value is -0.570. The van der Waals surface area contributed by atoms with Crippen LogP contribution in [0.5, 0.6) is 0 Å². The number of carbonyl (C=O) groups is 1. The van der Waals surface area contributed by atoms with Gasteiger partial charge in [0.1, 0.15) is 0 Å². The van der Waals surface area contributed by atoms with Gasteiger partial charge in [-0.3, -0.25) is 4.79 Å². The lowest BCUT2D eigenvalue weighted by molar-refractivity contribution is -0.137. The second-order valence-electron chi connectivity index (χ2n) is 11.9. The highest BCUT2D eigenvalue weighted by Crippen LogP contribution is 2.12. The van der Waals surface area contributed by atoms with Crippen molar-refractivity contribution in [2.45, 2.75) is 213 Å². The number of hydrogen-bond donors (Lipinski definition) is 1. The Morgan fingerprint density at radius 1 is 0.385 bits per heavy atom. The zero-order valence-electron chi connectivity index (χ0n) is 27.4. The molecule has 0 radical (unpaired) electrons. The fourth-order valence-corrected chi connectivity index (χ4v) is 5.07. The van der Waals surface area contributed by atoms with Crippen LogP contribution < -0.4 is 0 Å². The third kappa shape index (κ3) is 44.7. The predicted molar refractivity (Wildman–Crippen MR) is 174 cm³/mol. The molecule has 0 aliphatic heterocycles. The van der Waals surface area contributed by atoms with E-state index in [2.05, 4.69) is 20.8 Å². The molecule has 0 aliphatic carbocycles. The number of carboxylic acid groups (broad SMARTS) is 1. The number of aliphatic carboxylic acids is 1. The van der Waals surface area contributed by atoms with Crippen molar-refractivity contribution in [1.29, 1.82) is 0 Å². The number of unbranched alkanes of at least 4 members (excludes halogenated alkanes) is 26. The lowest BCUT2D eigenvalue weighted by Gasteiger charge is -2.05. The first-order valence-corrected chi connectivity index (χ1v) is 18.0. The summed E-state index contributed by atoms with van der Waals surface area (Å²) in [6.07, 6.45) is 39.6. The quantitative estimate of drug-likeness (QED) is 0.0841. The van der Waals surface area contributed by atoms with Gasteiger partial charge in [-0.25, -0.2) is 0 Å². The first-order chi connectivity index (χ1) is 19.2. The number of rotatable bonds is 32. The maximum absolute atomic E-state index is 10.2. The Bertz CT molecular complexity index is 402. The van der Waals surface area contributed by atoms with E-state index in [0.717, 1.165) is 26.1 Å². The SMILES string of the molecule is CCCCCCCCCCCC(=O)O.CCCCCCCCCCCCOCCCCCCCCCCCC. The molecule has 0 fully saturated rings. The molecule has 236 valence electrons. The van der Waals surface area contributed by atoms with Crippen LogP contribution in [0.2, 0.25) is 0 Å². The van der Waals surface area contributed by atoms with Gasteiger partial charge in [-0.2, -0.15) is 0 Å². The van der Waals surface area contributed by atoms with Gasteiger partial charge in [-0.05, 0) is 19.3 Å². The lowest BCUT2D eigenvalue weighted by atomic mass is 10.1. The summed E-state index contributed by atoms with van der Waals surface area (Å²) in [5.41, 5.74) is 0. The molecule has 0 rings (SSSR count). The zero-order valence-corrected chi connectivity index (χ0v) is 27.4. The molecular weight excluding hydrogens is 480 g/mol. The second-order valence-corrected chi connectivity index (χ2v) is 11.9. The van der Waals surface area contributed by atoms with E-state index < -0.39 is 5.97 Å². The summed E-state index contributed by atoms with van der Waals surface area (Å²) in [5, 5.41) is 8.41. The largest absolute Gasteiger partial charge is 0.481 e. The summed E-state index contributed by atoms with van der Waals surface area (Å²) in [5.74, 6) is -0.659. The van der Waals surface area contributed by atoms with E-state index in [1.165, 1.54) is 173 Å². The normalized spacial score (nSPS) is 10.9. The molecule has 0 aromatic rings. The molecule has 3 nitrogen and oxygen atoms in total. The van der Waals surface area contributed by atoms with Gasteiger partial charge in [0, 0.05) is 19.6 Å². The molecule has 0 aromatic carbocycles. The standard InChI is InChI=1S/C24H50O.C12H24O2/c1-3-5-7-9-11-13-15-17-19-21-23-25-24-22-20-18-16-14-12-10-8-6-4-2;1-2-3-4-5-6-7-8-9-10-11-12(13)14/h3-24H2,1-2H3;2-11H2,1H3,(H,13,14). The molecule has 1 N–H and O–H groups in total. The molecular formula is C36H74O3. The van der Waals surface area contributed by atoms with Crippen molar-refractivity contribution in [2.24, 2.45) is 0 Å². The van der Waals surface area contributed by atoms with E-state index in [0.29, 0.717) is 6.42 Å². The van der Waals surface area contributed by atoms with Gasteiger partial charge in [0.2, 0.25) is 0 Å². The van der Waals surface area contributed by atoms with Crippen molar-refractivity contribution < 1.29 is 14.6 Å². The van der Waals surface area contributed by atoms with E-state index in [9.17, 15) is 4.79 Å². The van der Waals surface area contributed by atoms with Crippen molar-refractivity contribution >= 4 is 5.97 Å². The van der Waals surface area contributed by atoms with Crippen LogP contribution in [-0.4, -0.2) is 24.3 Å². The van der Waals surface area contributed by atoms with Crippen molar-refractivity contribution in [3.63, 3.8) is 0 Å². The number of hydrogen-bond acceptors (Lipinski definition) is 2. The third-order valence-corrected chi connectivity index (χ3v) is 7.78. The summed E-state index contributed by atoms with van der Waals surface area (Å²) >= 11 is 0. The molecule has 3 heteroatoms. The lowest BCUT2D eigenvalue weighted by Crippen LogP contribution is -1.97. The number of ether oxygens (including phenoxy) is 1. The molecule has 0 spiro atoms. The van der Waals surface area contributed by atoms with Crippen molar-refractivity contribution in [2.75, 3.05) is 13.2 Å². The highest BCUT2D eigenvalue weighted by molar-refractivity contribution is 5.66. The Labute approximate surface area is 247 Å². The fraction of sp³-hybridized carbons (Fsp3) is 0.972. The van der Waals surface area contributed by atoms with Crippen LogP contribution in [0.25, 0.3) is 0 Å². The van der Waals surface area contributed by atoms with Crippen molar-refractivity contribution in [3.05, 3.63) is 0 Å². The van der Waals surface area contributed by atoms with E-state index in [4.69, 9.17) is 9.84 Å². The van der Waals surface area contributed by atoms with E-state index in [1.54, 1.807) is 0 Å². The van der Waals surface area contributed by atoms with Gasteiger partial charge < -0.3 is 9.84 Å². The summed E-state index contributed by atoms with van der Waals surface area (Å²) in [4.78, 5) is 10.2. The van der Waals surface area contributed by atoms with Crippen LogP contribution >= 0.6 is 0 Å². The molecule has 0 saturated carbocycles. The molecule has 0 aromatic heterocycles. The molecule has 0 atom stereocenters. The van der Waals surface area contributed by atoms with Crippen LogP contribution in [0.4, 0.5) is 0 Å². The third-order valence-electron chi connectivity index (χ3n) is 7.78. The first-order valence-electron chi connectivity index (χ1n) is 18.0. The molecule has 0 amide bonds. The highest BCUT2D eigenvalue weighted by Gasteiger charge is 1.97. The fourth-order valence-electron chi connectivity index (χ4n) is 5.07. The van der Waals surface area contributed by atoms with Crippen molar-refractivity contribution in [1.82, 2.24) is 0 Å². The van der Waals surface area contributed by atoms with Gasteiger partial charge in [-0.1, -0.05) is 188 Å². The Balaban J connectivity index is 0. The molecule has 0 bridgehead atoms. The molecule has 0 unspecified atom stereocenters. The summed E-state index contributed by atoms with van der Waals surface area (Å²) < 4.78 is 5.78. The molecule has 0 heterocycles. The van der Waals surface area contributed by atoms with Crippen LogP contribution in [0.15, 0.2) is 0 Å². The minimum atomic E-state index is -0.659. The Morgan fingerprint density at radius 2 is 0.615 bits per heavy atom. The maximum atomic E-state index is 10.2. The highest BCUT2D eigenvalue weighted by atomic mass is 16.5. The molecule has 39 heavy (non-hydrogen) atoms. The minimum absolute atomic E-state index is 0.343. The average molecular weight is 555 g/mol. The van der Waals surface area contributed by atoms with E-state index in [-0.39, 0.29) is 0 Å². The van der Waals surface area contributed by atoms with Gasteiger partial charge >= 0.3 is 5.97 Å². The monoisotopic (exact) mass is 555 g/mol. The molecule has 0 aliphatic rings. The van der Waals surface area contributed by atoms with E-state index >= 15 is 0 Å². The number of carboxylic acids is 1. The smallest absolute Gasteiger partial charge is 0.303 e. The van der Waals surface area contributed by atoms with Crippen LogP contribution in [0.1, 0.15) is 213 Å². The molecule has 0 saturated heterocycles. The Kier molecular flexibility index (Phi) is 41.2. The Morgan fingerprint density at radius 3 is 0.872 bits per heavy atom. The van der Waals surface area contributed by atoms with Crippen LogP contribution in [0.3, 0.4) is 0 Å². The topological polar surface area (TPSA) is 46.5 Å². The van der Waals surface area contributed by atoms with Gasteiger partial charge in [0.25, 0.3) is 0 Å². The summed E-state index contributed by atoms with van der Waals surface area (Å²) in [6.45, 7) is 8.80. The second kappa shape index (κ2) is 39.6. The van der Waals surface area contributed by atoms with Gasteiger partial charge in [0.15, 0.2) is 0 Å². The first kappa shape index (κ1) is 40.6. The summed E-state index contributed by atoms with van der Waals surface area (Å²) in [6, 6.07) is 0. The maximum Gasteiger partial charge on any atom is 0.303 e. The zero-order chi connectivity index (χ0) is 28.9. The average Bonchev–Trinajstić information content (AvgIpc) is 2.93. The van der Waals surface area contributed by atoms with E-state index in [1.807, 2.05) is 0 Å². The van der Waals surface area contributed by atoms with Gasteiger partial charge in [-0.15, -0.1) is 0 Å². The van der Waals surface area contributed by atoms with Gasteiger partial charge in [0.05, 0.1) is 0 Å². The van der Waals surface area contributed by atoms with Crippen LogP contribution in [-0.2, 0) is 9.53 Å². The van der Waals surface area contributed by atoms with Crippen LogP contribution in [0, 0.1) is 0 Å². The summed E-state index contributed by atoms with van der Waals surface area (Å²) in [7, 11) is 0. The predicted octanol–water partition coefficient (Wildman–Crippen LogP) is 12.8.